The first-order valence-corrected chi connectivity index (χ1v) is 6.81. The van der Waals surface area contributed by atoms with Gasteiger partial charge in [-0.15, -0.1) is 0 Å². The van der Waals surface area contributed by atoms with Crippen LogP contribution in [-0.4, -0.2) is 29.8 Å². The molecular weight excluding hydrogens is 240 g/mol. The molecule has 2 rings (SSSR count). The number of hydrogen-bond donors (Lipinski definition) is 2. The van der Waals surface area contributed by atoms with E-state index in [1.54, 1.807) is 0 Å². The van der Waals surface area contributed by atoms with Crippen molar-refractivity contribution in [2.24, 2.45) is 7.05 Å². The van der Waals surface area contributed by atoms with E-state index in [0.29, 0.717) is 0 Å². The number of nitrogens with one attached hydrogen (secondary N) is 1. The predicted octanol–water partition coefficient (Wildman–Crippen LogP) is 1.48. The van der Waals surface area contributed by atoms with Crippen molar-refractivity contribution in [3.63, 3.8) is 0 Å². The van der Waals surface area contributed by atoms with Crippen LogP contribution in [0.1, 0.15) is 0 Å². The molecule has 0 fully saturated rings. The zero-order chi connectivity index (χ0) is 12.5. The molecule has 2 aromatic rings. The molecule has 0 aliphatic carbocycles. The van der Waals surface area contributed by atoms with Gasteiger partial charge in [0, 0.05) is 36.4 Å². The molecule has 6 heteroatoms. The molecule has 0 aliphatic rings. The van der Waals surface area contributed by atoms with Crippen molar-refractivity contribution in [1.82, 2.24) is 4.57 Å². The average molecular weight is 254 g/mol. The van der Waals surface area contributed by atoms with Gasteiger partial charge in [-0.2, -0.15) is 8.42 Å². The van der Waals surface area contributed by atoms with Gasteiger partial charge in [0.05, 0.1) is 5.75 Å². The summed E-state index contributed by atoms with van der Waals surface area (Å²) in [5.41, 5.74) is 1.96. The number of hydrogen-bond acceptors (Lipinski definition) is 3. The lowest BCUT2D eigenvalue weighted by molar-refractivity contribution is 0.484. The second-order valence-corrected chi connectivity index (χ2v) is 5.49. The highest BCUT2D eigenvalue weighted by Gasteiger charge is 2.04. The van der Waals surface area contributed by atoms with Crippen LogP contribution in [0.5, 0.6) is 0 Å². The smallest absolute Gasteiger partial charge is 0.266 e. The molecule has 0 spiro atoms. The van der Waals surface area contributed by atoms with E-state index in [9.17, 15) is 8.42 Å². The maximum absolute atomic E-state index is 10.5. The Morgan fingerprint density at radius 3 is 2.82 bits per heavy atom. The predicted molar refractivity (Wildman–Crippen MR) is 67.8 cm³/mol. The summed E-state index contributed by atoms with van der Waals surface area (Å²) in [4.78, 5) is 0. The summed E-state index contributed by atoms with van der Waals surface area (Å²) in [7, 11) is -1.93. The number of rotatable bonds is 4. The minimum atomic E-state index is -3.90. The van der Waals surface area contributed by atoms with Gasteiger partial charge in [-0.25, -0.2) is 0 Å². The molecule has 5 nitrogen and oxygen atoms in total. The van der Waals surface area contributed by atoms with Crippen molar-refractivity contribution in [3.8, 4) is 0 Å². The Bertz CT molecular complexity index is 631. The molecule has 0 radical (unpaired) electrons. The highest BCUT2D eigenvalue weighted by molar-refractivity contribution is 7.85. The quantitative estimate of drug-likeness (QED) is 0.811. The molecule has 17 heavy (non-hydrogen) atoms. The third kappa shape index (κ3) is 2.98. The molecule has 0 saturated carbocycles. The standard InChI is InChI=1S/C11H14N2O3S/c1-13-6-4-9-8-10(2-3-11(9)13)12-5-7-17(14,15)16/h2-4,6,8,12H,5,7H2,1H3,(H,14,15,16). The molecule has 0 bridgehead atoms. The van der Waals surface area contributed by atoms with Crippen LogP contribution in [-0.2, 0) is 17.2 Å². The molecule has 0 aliphatic heterocycles. The first kappa shape index (κ1) is 11.9. The zero-order valence-electron chi connectivity index (χ0n) is 9.42. The van der Waals surface area contributed by atoms with E-state index in [0.717, 1.165) is 16.6 Å². The van der Waals surface area contributed by atoms with E-state index in [4.69, 9.17) is 4.55 Å². The largest absolute Gasteiger partial charge is 0.384 e. The minimum Gasteiger partial charge on any atom is -0.384 e. The highest BCUT2D eigenvalue weighted by atomic mass is 32.2. The van der Waals surface area contributed by atoms with Gasteiger partial charge in [0.1, 0.15) is 0 Å². The lowest BCUT2D eigenvalue weighted by Crippen LogP contribution is -2.14. The van der Waals surface area contributed by atoms with E-state index in [2.05, 4.69) is 5.32 Å². The second kappa shape index (κ2) is 4.38. The van der Waals surface area contributed by atoms with E-state index >= 15 is 0 Å². The van der Waals surface area contributed by atoms with Crippen molar-refractivity contribution >= 4 is 26.7 Å². The molecule has 1 heterocycles. The van der Waals surface area contributed by atoms with Crippen LogP contribution < -0.4 is 5.32 Å². The lowest BCUT2D eigenvalue weighted by atomic mass is 10.2. The van der Waals surface area contributed by atoms with Crippen molar-refractivity contribution < 1.29 is 13.0 Å². The first-order valence-electron chi connectivity index (χ1n) is 5.20. The van der Waals surface area contributed by atoms with Crippen molar-refractivity contribution in [2.45, 2.75) is 0 Å². The van der Waals surface area contributed by atoms with Crippen LogP contribution in [0, 0.1) is 0 Å². The fraction of sp³-hybridized carbons (Fsp3) is 0.273. The molecule has 1 aromatic heterocycles. The topological polar surface area (TPSA) is 71.3 Å². The molecule has 0 saturated heterocycles. The van der Waals surface area contributed by atoms with E-state index in [1.165, 1.54) is 0 Å². The monoisotopic (exact) mass is 254 g/mol. The summed E-state index contributed by atoms with van der Waals surface area (Å²) in [5.74, 6) is -0.292. The Balaban J connectivity index is 2.09. The summed E-state index contributed by atoms with van der Waals surface area (Å²) < 4.78 is 31.7. The van der Waals surface area contributed by atoms with Gasteiger partial charge >= 0.3 is 0 Å². The number of fused-ring (bicyclic) bond motifs is 1. The maximum Gasteiger partial charge on any atom is 0.266 e. The molecule has 2 N–H and O–H groups in total. The Hall–Kier alpha value is -1.53. The summed E-state index contributed by atoms with van der Waals surface area (Å²) in [6.07, 6.45) is 1.96. The number of benzene rings is 1. The van der Waals surface area contributed by atoms with Crippen LogP contribution in [0.25, 0.3) is 10.9 Å². The molecule has 0 atom stereocenters. The fourth-order valence-corrected chi connectivity index (χ4v) is 2.08. The zero-order valence-corrected chi connectivity index (χ0v) is 10.2. The van der Waals surface area contributed by atoms with Crippen molar-refractivity contribution in [3.05, 3.63) is 30.5 Å². The van der Waals surface area contributed by atoms with Gasteiger partial charge in [-0.1, -0.05) is 0 Å². The van der Waals surface area contributed by atoms with Gasteiger partial charge < -0.3 is 9.88 Å². The number of aryl methyl sites for hydroxylation is 1. The number of aromatic nitrogens is 1. The van der Waals surface area contributed by atoms with Crippen LogP contribution in [0.3, 0.4) is 0 Å². The van der Waals surface area contributed by atoms with Crippen LogP contribution >= 0.6 is 0 Å². The van der Waals surface area contributed by atoms with Crippen LogP contribution in [0.4, 0.5) is 5.69 Å². The van der Waals surface area contributed by atoms with E-state index in [-0.39, 0.29) is 12.3 Å². The molecule has 1 aromatic carbocycles. The Kier molecular flexibility index (Phi) is 3.08. The second-order valence-electron chi connectivity index (χ2n) is 3.91. The van der Waals surface area contributed by atoms with Gasteiger partial charge in [0.2, 0.25) is 0 Å². The molecule has 0 amide bonds. The van der Waals surface area contributed by atoms with E-state index in [1.807, 2.05) is 42.1 Å². The summed E-state index contributed by atoms with van der Waals surface area (Å²) in [6.45, 7) is 0.192. The average Bonchev–Trinajstić information content (AvgIpc) is 2.58. The first-order chi connectivity index (χ1) is 7.96. The summed E-state index contributed by atoms with van der Waals surface area (Å²) in [5, 5.41) is 4.04. The van der Waals surface area contributed by atoms with Gasteiger partial charge in [-0.3, -0.25) is 4.55 Å². The van der Waals surface area contributed by atoms with Gasteiger partial charge in [-0.05, 0) is 24.3 Å². The molecular formula is C11H14N2O3S. The molecule has 0 unspecified atom stereocenters. The minimum absolute atomic E-state index is 0.192. The molecule has 92 valence electrons. The SMILES string of the molecule is Cn1ccc2cc(NCCS(=O)(=O)O)ccc21. The Morgan fingerprint density at radius 1 is 1.35 bits per heavy atom. The Morgan fingerprint density at radius 2 is 2.12 bits per heavy atom. The van der Waals surface area contributed by atoms with Crippen LogP contribution in [0.15, 0.2) is 30.5 Å². The van der Waals surface area contributed by atoms with Gasteiger partial charge in [0.15, 0.2) is 0 Å². The van der Waals surface area contributed by atoms with Crippen molar-refractivity contribution in [1.29, 1.82) is 0 Å². The Labute approximate surface area is 99.8 Å². The fourth-order valence-electron chi connectivity index (χ4n) is 1.72. The number of nitrogens with zero attached hydrogens (tertiary/aromatic N) is 1. The van der Waals surface area contributed by atoms with E-state index < -0.39 is 10.1 Å². The normalized spacial score (nSPS) is 11.9. The third-order valence-electron chi connectivity index (χ3n) is 2.57. The van der Waals surface area contributed by atoms with Gasteiger partial charge in [0.25, 0.3) is 10.1 Å². The number of anilines is 1. The summed E-state index contributed by atoms with van der Waals surface area (Å²) >= 11 is 0. The maximum atomic E-state index is 10.5. The highest BCUT2D eigenvalue weighted by Crippen LogP contribution is 2.19. The third-order valence-corrected chi connectivity index (χ3v) is 3.29. The van der Waals surface area contributed by atoms with Crippen molar-refractivity contribution in [2.75, 3.05) is 17.6 Å². The lowest BCUT2D eigenvalue weighted by Gasteiger charge is -2.05. The van der Waals surface area contributed by atoms with Crippen LogP contribution in [0.2, 0.25) is 0 Å². The summed E-state index contributed by atoms with van der Waals surface area (Å²) in [6, 6.07) is 7.78.